The molecule has 1 saturated heterocycles. The number of carbonyl (C=O) groups is 2. The van der Waals surface area contributed by atoms with Gasteiger partial charge < -0.3 is 14.8 Å². The topological polar surface area (TPSA) is 83.4 Å². The molecule has 0 unspecified atom stereocenters. The van der Waals surface area contributed by atoms with Crippen molar-refractivity contribution in [3.05, 3.63) is 89.0 Å². The molecular weight excluding hydrogens is 557 g/mol. The van der Waals surface area contributed by atoms with Gasteiger partial charge in [-0.3, -0.25) is 14.5 Å². The van der Waals surface area contributed by atoms with Crippen molar-refractivity contribution in [1.29, 1.82) is 0 Å². The Kier molecular flexibility index (Phi) is 7.40. The molecule has 6 rings (SSSR count). The Morgan fingerprint density at radius 2 is 2.02 bits per heavy atom. The fraction of sp³-hybridized carbons (Fsp3) is 0.438. The Morgan fingerprint density at radius 3 is 2.70 bits per heavy atom. The van der Waals surface area contributed by atoms with E-state index in [0.717, 1.165) is 30.7 Å². The summed E-state index contributed by atoms with van der Waals surface area (Å²) in [5, 5.41) is 11.3. The van der Waals surface area contributed by atoms with Crippen molar-refractivity contribution >= 4 is 17.5 Å². The Morgan fingerprint density at radius 1 is 1.23 bits per heavy atom. The van der Waals surface area contributed by atoms with Crippen LogP contribution in [0, 0.1) is 11.8 Å². The quantitative estimate of drug-likeness (QED) is 0.379. The summed E-state index contributed by atoms with van der Waals surface area (Å²) in [4.78, 5) is 28.8. The van der Waals surface area contributed by atoms with Crippen molar-refractivity contribution in [3.63, 3.8) is 0 Å². The molecule has 226 valence electrons. The normalized spacial score (nSPS) is 23.7. The number of hydrogen-bond acceptors (Lipinski definition) is 5. The maximum atomic E-state index is 14.4. The number of amides is 2. The standard InChI is InChI=1S/C32H35F3N6O2/c1-4-28(42)36-15-21-8-9-40(16-21)17-22-10-25-26(27(11-22)32(33,34)35)18-41(29(25)43)24-7-5-6-23(12-24)31(13-20(2)14-31)30-38-37-19-39(30)3/h4-7,10-12,19-21H,1,8-9,13-18H2,2-3H3,(H,36,42)/t20?,21-,31?/m0/s1. The molecule has 1 saturated carbocycles. The van der Waals surface area contributed by atoms with E-state index in [1.165, 1.54) is 17.0 Å². The van der Waals surface area contributed by atoms with Crippen LogP contribution in [0.2, 0.25) is 0 Å². The minimum absolute atomic E-state index is 0.0124. The molecule has 11 heteroatoms. The second-order valence-corrected chi connectivity index (χ2v) is 12.3. The SMILES string of the molecule is C=CC(=O)NC[C@@H]1CCN(Cc2cc3c(c(C(F)(F)F)c2)CN(c2cccc(C4(c5nncn5C)CC(C)C4)c2)C3=O)C1. The molecule has 1 N–H and O–H groups in total. The van der Waals surface area contributed by atoms with Gasteiger partial charge in [-0.15, -0.1) is 10.2 Å². The van der Waals surface area contributed by atoms with Crippen molar-refractivity contribution in [2.45, 2.75) is 50.9 Å². The largest absolute Gasteiger partial charge is 0.416 e. The van der Waals surface area contributed by atoms with E-state index in [0.29, 0.717) is 43.3 Å². The predicted octanol–water partition coefficient (Wildman–Crippen LogP) is 4.83. The number of nitrogens with one attached hydrogen (secondary N) is 1. The molecule has 3 heterocycles. The van der Waals surface area contributed by atoms with Gasteiger partial charge in [0, 0.05) is 37.9 Å². The van der Waals surface area contributed by atoms with Gasteiger partial charge in [0.2, 0.25) is 5.91 Å². The Hall–Kier alpha value is -3.99. The van der Waals surface area contributed by atoms with Gasteiger partial charge in [0.05, 0.1) is 17.5 Å². The fourth-order valence-electron chi connectivity index (χ4n) is 7.18. The highest BCUT2D eigenvalue weighted by molar-refractivity contribution is 6.10. The molecule has 1 aromatic heterocycles. The average molecular weight is 593 g/mol. The Labute approximate surface area is 248 Å². The summed E-state index contributed by atoms with van der Waals surface area (Å²) in [6, 6.07) is 10.4. The van der Waals surface area contributed by atoms with Crippen LogP contribution in [0.1, 0.15) is 64.6 Å². The fourth-order valence-corrected chi connectivity index (χ4v) is 7.18. The van der Waals surface area contributed by atoms with Crippen molar-refractivity contribution in [2.24, 2.45) is 18.9 Å². The molecule has 2 fully saturated rings. The van der Waals surface area contributed by atoms with Gasteiger partial charge in [-0.1, -0.05) is 25.6 Å². The number of nitrogens with zero attached hydrogens (tertiary/aromatic N) is 5. The summed E-state index contributed by atoms with van der Waals surface area (Å²) in [5.41, 5.74) is 0.997. The van der Waals surface area contributed by atoms with E-state index < -0.39 is 17.6 Å². The highest BCUT2D eigenvalue weighted by atomic mass is 19.4. The summed E-state index contributed by atoms with van der Waals surface area (Å²) in [6.45, 7) is 7.62. The monoisotopic (exact) mass is 592 g/mol. The van der Waals surface area contributed by atoms with Gasteiger partial charge in [0.25, 0.3) is 5.91 Å². The van der Waals surface area contributed by atoms with Crippen LogP contribution in [0.3, 0.4) is 0 Å². The van der Waals surface area contributed by atoms with E-state index in [1.54, 1.807) is 18.5 Å². The van der Waals surface area contributed by atoms with E-state index in [-0.39, 0.29) is 34.9 Å². The maximum absolute atomic E-state index is 14.4. The van der Waals surface area contributed by atoms with Crippen LogP contribution in [0.5, 0.6) is 0 Å². The summed E-state index contributed by atoms with van der Waals surface area (Å²) < 4.78 is 45.0. The molecule has 1 atom stereocenters. The number of aromatic nitrogens is 3. The predicted molar refractivity (Wildman–Crippen MR) is 155 cm³/mol. The zero-order chi connectivity index (χ0) is 30.5. The number of aryl methyl sites for hydroxylation is 1. The molecule has 0 bridgehead atoms. The molecule has 43 heavy (non-hydrogen) atoms. The second kappa shape index (κ2) is 10.9. The highest BCUT2D eigenvalue weighted by Gasteiger charge is 2.48. The van der Waals surface area contributed by atoms with E-state index in [9.17, 15) is 22.8 Å². The molecule has 2 amide bonds. The van der Waals surface area contributed by atoms with Gasteiger partial charge in [-0.05, 0) is 84.7 Å². The van der Waals surface area contributed by atoms with Crippen LogP contribution in [0.25, 0.3) is 0 Å². The lowest BCUT2D eigenvalue weighted by molar-refractivity contribution is -0.138. The first kappa shape index (κ1) is 29.1. The molecule has 2 aromatic carbocycles. The number of hydrogen-bond donors (Lipinski definition) is 1. The molecule has 8 nitrogen and oxygen atoms in total. The number of benzene rings is 2. The minimum Gasteiger partial charge on any atom is -0.352 e. The molecule has 0 spiro atoms. The van der Waals surface area contributed by atoms with E-state index >= 15 is 0 Å². The van der Waals surface area contributed by atoms with Gasteiger partial charge in [-0.2, -0.15) is 13.2 Å². The first-order chi connectivity index (χ1) is 20.5. The summed E-state index contributed by atoms with van der Waals surface area (Å²) >= 11 is 0. The first-order valence-corrected chi connectivity index (χ1v) is 14.6. The van der Waals surface area contributed by atoms with Gasteiger partial charge in [0.15, 0.2) is 0 Å². The Balaban J connectivity index is 1.26. The van der Waals surface area contributed by atoms with Crippen LogP contribution >= 0.6 is 0 Å². The Bertz CT molecular complexity index is 1580. The number of rotatable bonds is 8. The zero-order valence-electron chi connectivity index (χ0n) is 24.3. The molecular formula is C32H35F3N6O2. The number of halogens is 3. The van der Waals surface area contributed by atoms with Crippen LogP contribution in [0.15, 0.2) is 55.4 Å². The summed E-state index contributed by atoms with van der Waals surface area (Å²) in [5.74, 6) is 0.859. The number of carbonyl (C=O) groups excluding carboxylic acids is 2. The first-order valence-electron chi connectivity index (χ1n) is 14.6. The van der Waals surface area contributed by atoms with Gasteiger partial charge in [0.1, 0.15) is 12.2 Å². The van der Waals surface area contributed by atoms with Crippen molar-refractivity contribution in [2.75, 3.05) is 24.5 Å². The van der Waals surface area contributed by atoms with E-state index in [2.05, 4.69) is 33.9 Å². The van der Waals surface area contributed by atoms with Crippen molar-refractivity contribution in [1.82, 2.24) is 25.0 Å². The lowest BCUT2D eigenvalue weighted by atomic mass is 9.58. The number of likely N-dealkylation sites (tertiary alicyclic amines) is 1. The molecule has 3 aromatic rings. The van der Waals surface area contributed by atoms with Gasteiger partial charge in [-0.25, -0.2) is 0 Å². The third-order valence-corrected chi connectivity index (χ3v) is 9.18. The lowest BCUT2D eigenvalue weighted by Gasteiger charge is -2.46. The van der Waals surface area contributed by atoms with E-state index in [4.69, 9.17) is 0 Å². The number of alkyl halides is 3. The highest BCUT2D eigenvalue weighted by Crippen LogP contribution is 2.52. The average Bonchev–Trinajstić information content (AvgIpc) is 3.68. The second-order valence-electron chi connectivity index (χ2n) is 12.3. The summed E-state index contributed by atoms with van der Waals surface area (Å²) in [6.07, 6.45) is 0.859. The van der Waals surface area contributed by atoms with Crippen LogP contribution in [-0.4, -0.2) is 51.1 Å². The van der Waals surface area contributed by atoms with E-state index in [1.807, 2.05) is 29.8 Å². The third-order valence-electron chi connectivity index (χ3n) is 9.18. The smallest absolute Gasteiger partial charge is 0.352 e. The van der Waals surface area contributed by atoms with Gasteiger partial charge >= 0.3 is 6.18 Å². The molecule has 1 aliphatic carbocycles. The molecule has 2 aliphatic heterocycles. The van der Waals surface area contributed by atoms with Crippen LogP contribution < -0.4 is 10.2 Å². The number of anilines is 1. The third kappa shape index (κ3) is 5.35. The molecule has 0 radical (unpaired) electrons. The molecule has 3 aliphatic rings. The minimum atomic E-state index is -4.60. The van der Waals surface area contributed by atoms with Crippen LogP contribution in [0.4, 0.5) is 18.9 Å². The van der Waals surface area contributed by atoms with Crippen molar-refractivity contribution in [3.8, 4) is 0 Å². The maximum Gasteiger partial charge on any atom is 0.416 e. The summed E-state index contributed by atoms with van der Waals surface area (Å²) in [7, 11) is 1.91. The number of fused-ring (bicyclic) bond motifs is 1. The zero-order valence-corrected chi connectivity index (χ0v) is 24.3. The van der Waals surface area contributed by atoms with Crippen molar-refractivity contribution < 1.29 is 22.8 Å². The lowest BCUT2D eigenvalue weighted by Crippen LogP contribution is -2.43. The van der Waals surface area contributed by atoms with Crippen LogP contribution in [-0.2, 0) is 36.5 Å².